The molecule has 1 aliphatic rings. The molecule has 5 heteroatoms. The van der Waals surface area contributed by atoms with Crippen molar-refractivity contribution < 1.29 is 19.5 Å². The normalized spacial score (nSPS) is 19.9. The maximum atomic E-state index is 11.9. The van der Waals surface area contributed by atoms with Crippen LogP contribution in [0.25, 0.3) is 0 Å². The number of fused-ring (bicyclic) bond motifs is 1. The molecule has 0 aliphatic carbocycles. The van der Waals surface area contributed by atoms with Crippen molar-refractivity contribution in [2.24, 2.45) is 0 Å². The molecule has 0 radical (unpaired) electrons. The second-order valence-electron chi connectivity index (χ2n) is 3.78. The minimum Gasteiger partial charge on any atom is -0.352 e. The predicted octanol–water partition coefficient (Wildman–Crippen LogP) is 0.823. The largest absolute Gasteiger partial charge is 0.466 e. The number of nitrogens with one attached hydrogen (secondary N) is 1. The van der Waals surface area contributed by atoms with E-state index in [-0.39, 0.29) is 17.0 Å². The first-order valence-corrected chi connectivity index (χ1v) is 5.43. The number of carbonyl (C=O) groups excluding carboxylic acids is 2. The van der Waals surface area contributed by atoms with E-state index >= 15 is 0 Å². The number of carbonyl (C=O) groups is 2. The van der Waals surface area contributed by atoms with Gasteiger partial charge in [-0.15, -0.1) is 0 Å². The number of hydrogen-bond acceptors (Lipinski definition) is 3. The lowest BCUT2D eigenvalue weighted by atomic mass is 10.1. The second kappa shape index (κ2) is 4.78. The monoisotopic (exact) mass is 233 g/mol. The van der Waals surface area contributed by atoms with Gasteiger partial charge in [0.25, 0.3) is 5.91 Å². The van der Waals surface area contributed by atoms with Crippen LogP contribution in [-0.4, -0.2) is 34.5 Å². The molecule has 17 heavy (non-hydrogen) atoms. The lowest BCUT2D eigenvalue weighted by molar-refractivity contribution is -0.695. The zero-order valence-electron chi connectivity index (χ0n) is 9.22. The van der Waals surface area contributed by atoms with Crippen LogP contribution in [0, 0.1) is 0 Å². The molecule has 1 aromatic rings. The molecule has 0 saturated heterocycles. The van der Waals surface area contributed by atoms with Gasteiger partial charge in [-0.25, -0.2) is 4.79 Å². The van der Waals surface area contributed by atoms with E-state index in [1.54, 1.807) is 18.2 Å². The quantitative estimate of drug-likeness (QED) is 0.396. The van der Waals surface area contributed by atoms with Gasteiger partial charge >= 0.3 is 5.91 Å². The Morgan fingerprint density at radius 3 is 2.65 bits per heavy atom. The number of hydroxylamine groups is 1. The van der Waals surface area contributed by atoms with Crippen molar-refractivity contribution in [1.29, 1.82) is 0 Å². The van der Waals surface area contributed by atoms with Gasteiger partial charge in [-0.2, -0.15) is 0 Å². The Hall–Kier alpha value is -2.17. The summed E-state index contributed by atoms with van der Waals surface area (Å²) in [6, 6.07) is 6.43. The Morgan fingerprint density at radius 1 is 1.18 bits per heavy atom. The first kappa shape index (κ1) is 11.3. The average molecular weight is 233 g/mol. The van der Waals surface area contributed by atoms with E-state index in [0.717, 1.165) is 0 Å². The van der Waals surface area contributed by atoms with E-state index < -0.39 is 5.91 Å². The molecule has 2 amide bonds. The molecule has 0 aromatic heterocycles. The summed E-state index contributed by atoms with van der Waals surface area (Å²) >= 11 is 0. The van der Waals surface area contributed by atoms with Gasteiger partial charge in [0.05, 0.1) is 5.56 Å². The summed E-state index contributed by atoms with van der Waals surface area (Å²) in [6.45, 7) is 0.520. The number of rotatable bonds is 0. The topological polar surface area (TPSA) is 69.4 Å². The summed E-state index contributed by atoms with van der Waals surface area (Å²) in [5, 5.41) is 12.3. The van der Waals surface area contributed by atoms with Crippen LogP contribution in [0.2, 0.25) is 0 Å². The number of hydrogen-bond donors (Lipinski definition) is 2. The predicted molar refractivity (Wildman–Crippen MR) is 60.5 cm³/mol. The number of nitrogens with zero attached hydrogens (tertiary/aromatic N) is 1. The van der Waals surface area contributed by atoms with Crippen molar-refractivity contribution in [3.63, 3.8) is 0 Å². The highest BCUT2D eigenvalue weighted by Crippen LogP contribution is 2.10. The molecule has 88 valence electrons. The van der Waals surface area contributed by atoms with Crippen LogP contribution < -0.4 is 5.32 Å². The minimum absolute atomic E-state index is 0.200. The lowest BCUT2D eigenvalue weighted by Gasteiger charge is -2.07. The molecule has 0 fully saturated rings. The van der Waals surface area contributed by atoms with Crippen molar-refractivity contribution >= 4 is 18.0 Å². The van der Waals surface area contributed by atoms with Crippen LogP contribution in [0.5, 0.6) is 0 Å². The second-order valence-corrected chi connectivity index (χ2v) is 3.78. The molecule has 0 spiro atoms. The molecule has 2 N–H and O–H groups in total. The van der Waals surface area contributed by atoms with Crippen LogP contribution in [0.4, 0.5) is 0 Å². The van der Waals surface area contributed by atoms with Gasteiger partial charge in [0.2, 0.25) is 6.21 Å². The van der Waals surface area contributed by atoms with Crippen molar-refractivity contribution in [2.45, 2.75) is 12.8 Å². The Kier molecular flexibility index (Phi) is 3.18. The first-order chi connectivity index (χ1) is 8.20. The van der Waals surface area contributed by atoms with Crippen molar-refractivity contribution in [3.05, 3.63) is 35.4 Å². The highest BCUT2D eigenvalue weighted by Gasteiger charge is 2.26. The van der Waals surface area contributed by atoms with Crippen molar-refractivity contribution in [1.82, 2.24) is 5.32 Å². The Morgan fingerprint density at radius 2 is 1.88 bits per heavy atom. The number of benzene rings is 1. The summed E-state index contributed by atoms with van der Waals surface area (Å²) in [5.74, 6) is -0.873. The van der Waals surface area contributed by atoms with Gasteiger partial charge in [-0.1, -0.05) is 12.1 Å². The van der Waals surface area contributed by atoms with E-state index in [1.807, 2.05) is 0 Å². The molecule has 1 aromatic carbocycles. The molecule has 0 saturated carbocycles. The zero-order valence-corrected chi connectivity index (χ0v) is 9.22. The highest BCUT2D eigenvalue weighted by atomic mass is 16.5. The molecule has 1 aliphatic heterocycles. The molecular weight excluding hydrogens is 220 g/mol. The maximum absolute atomic E-state index is 11.9. The summed E-state index contributed by atoms with van der Waals surface area (Å²) in [4.78, 5) is 23.7. The minimum atomic E-state index is -0.586. The van der Waals surface area contributed by atoms with Crippen LogP contribution >= 0.6 is 0 Å². The smallest absolute Gasteiger partial charge is 0.352 e. The van der Waals surface area contributed by atoms with Gasteiger partial charge in [0, 0.05) is 17.7 Å². The fraction of sp³-hybridized carbons (Fsp3) is 0.250. The highest BCUT2D eigenvalue weighted by molar-refractivity contribution is 6.05. The molecular formula is C12H13N2O3+. The summed E-state index contributed by atoms with van der Waals surface area (Å²) in [6.07, 6.45) is 2.62. The van der Waals surface area contributed by atoms with Gasteiger partial charge in [-0.05, 0) is 18.6 Å². The van der Waals surface area contributed by atoms with E-state index in [4.69, 9.17) is 0 Å². The summed E-state index contributed by atoms with van der Waals surface area (Å²) in [5.41, 5.74) is 0.484. The lowest BCUT2D eigenvalue weighted by Crippen LogP contribution is -2.30. The Balaban J connectivity index is 2.50. The van der Waals surface area contributed by atoms with Gasteiger partial charge < -0.3 is 5.32 Å². The molecule has 1 heterocycles. The van der Waals surface area contributed by atoms with Crippen LogP contribution in [0.15, 0.2) is 24.3 Å². The standard InChI is InChI=1S/C12H12N2O3/c15-11-9-5-1-2-6-10(9)12(16)14(17)8-4-3-7-13-11/h1-2,5-6,8H,3-4,7H2,(H-,13,15,17)/p+1/b14-8-. The average Bonchev–Trinajstić information content (AvgIpc) is 2.36. The number of amides is 2. The van der Waals surface area contributed by atoms with Crippen molar-refractivity contribution in [2.75, 3.05) is 6.54 Å². The van der Waals surface area contributed by atoms with Crippen molar-refractivity contribution in [3.8, 4) is 0 Å². The molecule has 5 nitrogen and oxygen atoms in total. The fourth-order valence-electron chi connectivity index (χ4n) is 1.69. The van der Waals surface area contributed by atoms with Crippen LogP contribution in [0.1, 0.15) is 33.6 Å². The van der Waals surface area contributed by atoms with Gasteiger partial charge in [0.15, 0.2) is 0 Å². The SMILES string of the molecule is O=C1NCCC/C=[N+](\O)C(=O)c2ccccc21. The van der Waals surface area contributed by atoms with E-state index in [1.165, 1.54) is 12.3 Å². The van der Waals surface area contributed by atoms with Gasteiger partial charge in [-0.3, -0.25) is 10.0 Å². The molecule has 0 bridgehead atoms. The maximum Gasteiger partial charge on any atom is 0.466 e. The summed E-state index contributed by atoms with van der Waals surface area (Å²) < 4.78 is 0.553. The van der Waals surface area contributed by atoms with Crippen LogP contribution in [-0.2, 0) is 0 Å². The third-order valence-corrected chi connectivity index (χ3v) is 2.58. The third-order valence-electron chi connectivity index (χ3n) is 2.58. The van der Waals surface area contributed by atoms with E-state index in [9.17, 15) is 14.8 Å². The zero-order chi connectivity index (χ0) is 12.3. The molecule has 0 atom stereocenters. The fourth-order valence-corrected chi connectivity index (χ4v) is 1.69. The van der Waals surface area contributed by atoms with E-state index in [0.29, 0.717) is 24.1 Å². The van der Waals surface area contributed by atoms with Gasteiger partial charge in [0.1, 0.15) is 5.56 Å². The Bertz CT molecular complexity index is 494. The Labute approximate surface area is 98.3 Å². The molecule has 2 rings (SSSR count). The molecule has 0 unspecified atom stereocenters. The third kappa shape index (κ3) is 2.33. The summed E-state index contributed by atoms with van der Waals surface area (Å²) in [7, 11) is 0. The first-order valence-electron chi connectivity index (χ1n) is 5.43. The van der Waals surface area contributed by atoms with Crippen LogP contribution in [0.3, 0.4) is 0 Å². The van der Waals surface area contributed by atoms with E-state index in [2.05, 4.69) is 5.32 Å².